The van der Waals surface area contributed by atoms with Crippen LogP contribution in [0.4, 0.5) is 5.69 Å². The Labute approximate surface area is 153 Å². The molecule has 3 N–H and O–H groups in total. The lowest BCUT2D eigenvalue weighted by Crippen LogP contribution is -2.24. The highest BCUT2D eigenvalue weighted by atomic mass is 35.5. The van der Waals surface area contributed by atoms with Crippen LogP contribution in [0.1, 0.15) is 12.5 Å². The molecule has 9 heteroatoms. The average Bonchev–Trinajstić information content (AvgIpc) is 3.22. The molecule has 1 atom stereocenters. The van der Waals surface area contributed by atoms with Gasteiger partial charge in [0.25, 0.3) is 0 Å². The number of carbonyl (C=O) groups is 1. The number of benzene rings is 1. The van der Waals surface area contributed by atoms with Crippen molar-refractivity contribution in [2.24, 2.45) is 0 Å². The highest BCUT2D eigenvalue weighted by Gasteiger charge is 2.21. The van der Waals surface area contributed by atoms with Crippen molar-refractivity contribution < 1.29 is 9.21 Å². The zero-order chi connectivity index (χ0) is 18.0. The molecule has 25 heavy (non-hydrogen) atoms. The van der Waals surface area contributed by atoms with Crippen molar-refractivity contribution in [3.8, 4) is 11.6 Å². The molecule has 0 aliphatic carbocycles. The maximum Gasteiger partial charge on any atom is 0.237 e. The van der Waals surface area contributed by atoms with E-state index in [1.165, 1.54) is 22.7 Å². The van der Waals surface area contributed by atoms with Gasteiger partial charge in [0.2, 0.25) is 16.9 Å². The van der Waals surface area contributed by atoms with Crippen LogP contribution in [0.3, 0.4) is 0 Å². The maximum absolute atomic E-state index is 12.4. The van der Waals surface area contributed by atoms with Crippen molar-refractivity contribution in [3.63, 3.8) is 0 Å². The number of amides is 1. The summed E-state index contributed by atoms with van der Waals surface area (Å²) in [4.78, 5) is 12.4. The minimum atomic E-state index is -0.436. The van der Waals surface area contributed by atoms with Gasteiger partial charge in [-0.1, -0.05) is 29.4 Å². The molecule has 0 saturated heterocycles. The van der Waals surface area contributed by atoms with Gasteiger partial charge in [-0.2, -0.15) is 0 Å². The van der Waals surface area contributed by atoms with Gasteiger partial charge in [0, 0.05) is 10.7 Å². The monoisotopic (exact) mass is 377 g/mol. The number of rotatable bonds is 5. The molecule has 0 aliphatic heterocycles. The number of halogens is 1. The SMILES string of the molecule is Cc1c(Cl)cccc1NC(=O)[C@@H](C)Sc1nnc(-c2ccco2)n1N. The van der Waals surface area contributed by atoms with Crippen LogP contribution < -0.4 is 11.2 Å². The second-order valence-electron chi connectivity index (χ2n) is 5.32. The summed E-state index contributed by atoms with van der Waals surface area (Å²) in [6.45, 7) is 3.61. The summed E-state index contributed by atoms with van der Waals surface area (Å²) in [5, 5.41) is 11.5. The molecule has 0 fully saturated rings. The summed E-state index contributed by atoms with van der Waals surface area (Å²) < 4.78 is 6.57. The van der Waals surface area contributed by atoms with E-state index in [0.717, 1.165) is 5.56 Å². The largest absolute Gasteiger partial charge is 0.461 e. The first-order valence-electron chi connectivity index (χ1n) is 7.44. The van der Waals surface area contributed by atoms with Crippen molar-refractivity contribution >= 4 is 35.0 Å². The highest BCUT2D eigenvalue weighted by Crippen LogP contribution is 2.27. The van der Waals surface area contributed by atoms with E-state index in [1.54, 1.807) is 37.3 Å². The van der Waals surface area contributed by atoms with Crippen LogP contribution in [0.5, 0.6) is 0 Å². The van der Waals surface area contributed by atoms with E-state index in [1.807, 2.05) is 6.92 Å². The van der Waals surface area contributed by atoms with Gasteiger partial charge in [-0.25, -0.2) is 4.68 Å². The Kier molecular flexibility index (Phi) is 5.00. The zero-order valence-corrected chi connectivity index (χ0v) is 15.1. The third kappa shape index (κ3) is 3.64. The van der Waals surface area contributed by atoms with Crippen LogP contribution in [0.15, 0.2) is 46.2 Å². The predicted octanol–water partition coefficient (Wildman–Crippen LogP) is 3.33. The number of hydrogen-bond donors (Lipinski definition) is 2. The second kappa shape index (κ2) is 7.20. The Morgan fingerprint density at radius 2 is 2.16 bits per heavy atom. The predicted molar refractivity (Wildman–Crippen MR) is 98.0 cm³/mol. The van der Waals surface area contributed by atoms with Gasteiger partial charge in [-0.05, 0) is 43.7 Å². The minimum absolute atomic E-state index is 0.182. The third-order valence-corrected chi connectivity index (χ3v) is 5.05. The summed E-state index contributed by atoms with van der Waals surface area (Å²) in [5.41, 5.74) is 1.49. The molecule has 0 unspecified atom stereocenters. The van der Waals surface area contributed by atoms with E-state index in [0.29, 0.717) is 27.5 Å². The standard InChI is InChI=1S/C16H16ClN5O2S/c1-9-11(17)5-3-6-12(9)19-15(23)10(2)25-16-21-20-14(22(16)18)13-7-4-8-24-13/h3-8,10H,18H2,1-2H3,(H,19,23)/t10-/m1/s1. The fraction of sp³-hybridized carbons (Fsp3) is 0.188. The molecule has 3 rings (SSSR count). The molecule has 1 amide bonds. The summed E-state index contributed by atoms with van der Waals surface area (Å²) in [6.07, 6.45) is 1.53. The summed E-state index contributed by atoms with van der Waals surface area (Å²) in [7, 11) is 0. The van der Waals surface area contributed by atoms with Gasteiger partial charge in [0.15, 0.2) is 5.76 Å². The van der Waals surface area contributed by atoms with E-state index < -0.39 is 5.25 Å². The molecule has 2 heterocycles. The maximum atomic E-state index is 12.4. The lowest BCUT2D eigenvalue weighted by Gasteiger charge is -2.13. The number of carbonyl (C=O) groups excluding carboxylic acids is 1. The number of thioether (sulfide) groups is 1. The molecule has 0 saturated carbocycles. The summed E-state index contributed by atoms with van der Waals surface area (Å²) in [6, 6.07) is 8.84. The average molecular weight is 378 g/mol. The number of aromatic nitrogens is 3. The first kappa shape index (κ1) is 17.4. The molecule has 7 nitrogen and oxygen atoms in total. The van der Waals surface area contributed by atoms with E-state index >= 15 is 0 Å². The molecular formula is C16H16ClN5O2S. The van der Waals surface area contributed by atoms with E-state index in [9.17, 15) is 4.79 Å². The molecule has 130 valence electrons. The first-order chi connectivity index (χ1) is 12.0. The van der Waals surface area contributed by atoms with E-state index in [2.05, 4.69) is 15.5 Å². The van der Waals surface area contributed by atoms with Crippen molar-refractivity contribution in [2.75, 3.05) is 11.2 Å². The normalized spacial score (nSPS) is 12.1. The Morgan fingerprint density at radius 1 is 1.36 bits per heavy atom. The number of hydrogen-bond acceptors (Lipinski definition) is 6. The number of nitrogen functional groups attached to an aromatic ring is 1. The van der Waals surface area contributed by atoms with Crippen LogP contribution in [-0.4, -0.2) is 26.0 Å². The smallest absolute Gasteiger partial charge is 0.237 e. The van der Waals surface area contributed by atoms with Crippen LogP contribution in [0, 0.1) is 6.92 Å². The number of anilines is 1. The topological polar surface area (TPSA) is 99.0 Å². The second-order valence-corrected chi connectivity index (χ2v) is 7.03. The molecule has 0 radical (unpaired) electrons. The van der Waals surface area contributed by atoms with Crippen LogP contribution in [0.2, 0.25) is 5.02 Å². The third-order valence-electron chi connectivity index (χ3n) is 3.58. The van der Waals surface area contributed by atoms with Crippen LogP contribution >= 0.6 is 23.4 Å². The van der Waals surface area contributed by atoms with Crippen molar-refractivity contribution in [1.29, 1.82) is 0 Å². The zero-order valence-electron chi connectivity index (χ0n) is 13.6. The van der Waals surface area contributed by atoms with E-state index in [4.69, 9.17) is 21.9 Å². The number of furan rings is 1. The van der Waals surface area contributed by atoms with Gasteiger partial charge in [-0.3, -0.25) is 4.79 Å². The first-order valence-corrected chi connectivity index (χ1v) is 8.70. The number of nitrogens with zero attached hydrogens (tertiary/aromatic N) is 3. The van der Waals surface area contributed by atoms with Gasteiger partial charge >= 0.3 is 0 Å². The number of nitrogens with two attached hydrogens (primary N) is 1. The minimum Gasteiger partial charge on any atom is -0.461 e. The van der Waals surface area contributed by atoms with Gasteiger partial charge < -0.3 is 15.6 Å². The number of nitrogens with one attached hydrogen (secondary N) is 1. The summed E-state index contributed by atoms with van der Waals surface area (Å²) >= 11 is 7.28. The van der Waals surface area contributed by atoms with Crippen LogP contribution in [0.25, 0.3) is 11.6 Å². The molecule has 3 aromatic rings. The van der Waals surface area contributed by atoms with Crippen molar-refractivity contribution in [3.05, 3.63) is 47.2 Å². The summed E-state index contributed by atoms with van der Waals surface area (Å²) in [5.74, 6) is 6.72. The van der Waals surface area contributed by atoms with Crippen molar-refractivity contribution in [1.82, 2.24) is 14.9 Å². The molecule has 2 aromatic heterocycles. The molecule has 0 aliphatic rings. The Bertz CT molecular complexity index is 894. The van der Waals surface area contributed by atoms with Crippen LogP contribution in [-0.2, 0) is 4.79 Å². The molecule has 0 spiro atoms. The quantitative estimate of drug-likeness (QED) is 0.522. The fourth-order valence-corrected chi connectivity index (χ4v) is 3.06. The van der Waals surface area contributed by atoms with Crippen molar-refractivity contribution in [2.45, 2.75) is 24.3 Å². The highest BCUT2D eigenvalue weighted by molar-refractivity contribution is 8.00. The Hall–Kier alpha value is -2.45. The van der Waals surface area contributed by atoms with E-state index in [-0.39, 0.29) is 5.91 Å². The molecule has 0 bridgehead atoms. The lowest BCUT2D eigenvalue weighted by atomic mass is 10.2. The van der Waals surface area contributed by atoms with Gasteiger partial charge in [-0.15, -0.1) is 10.2 Å². The van der Waals surface area contributed by atoms with Gasteiger partial charge in [0.1, 0.15) is 0 Å². The van der Waals surface area contributed by atoms with Gasteiger partial charge in [0.05, 0.1) is 11.5 Å². The lowest BCUT2D eigenvalue weighted by molar-refractivity contribution is -0.115. The molecular weight excluding hydrogens is 362 g/mol. The fourth-order valence-electron chi connectivity index (χ4n) is 2.12. The Balaban J connectivity index is 1.71. The molecule has 1 aromatic carbocycles. The Morgan fingerprint density at radius 3 is 2.88 bits per heavy atom.